The molecule has 2 aromatic carbocycles. The molecule has 0 radical (unpaired) electrons. The maximum atomic E-state index is 14.2. The lowest BCUT2D eigenvalue weighted by Crippen LogP contribution is -2.39. The van der Waals surface area contributed by atoms with Crippen LogP contribution in [-0.2, 0) is 11.3 Å². The summed E-state index contributed by atoms with van der Waals surface area (Å²) >= 11 is 1.31. The molecule has 0 saturated carbocycles. The zero-order valence-corrected chi connectivity index (χ0v) is 24.9. The minimum atomic E-state index is -0.710. The number of hydrogen-bond acceptors (Lipinski definition) is 7. The largest absolute Gasteiger partial charge is 0.493 e. The van der Waals surface area contributed by atoms with Gasteiger partial charge in [-0.2, -0.15) is 0 Å². The van der Waals surface area contributed by atoms with E-state index in [2.05, 4.69) is 23.3 Å². The molecule has 0 aliphatic carbocycles. The maximum Gasteiger partial charge on any atom is 0.271 e. The highest BCUT2D eigenvalue weighted by Gasteiger charge is 2.33. The number of methoxy groups -OCH3 is 3. The number of rotatable bonds is 9. The molecule has 0 saturated heterocycles. The molecule has 0 spiro atoms. The maximum absolute atomic E-state index is 14.2. The molecule has 212 valence electrons. The number of allylic oxidation sites excluding steroid dienone is 3. The van der Waals surface area contributed by atoms with Crippen LogP contribution in [0.4, 0.5) is 0 Å². The molecule has 1 atom stereocenters. The first kappa shape index (κ1) is 28.2. The van der Waals surface area contributed by atoms with Crippen molar-refractivity contribution in [2.75, 3.05) is 21.3 Å². The van der Waals surface area contributed by atoms with Crippen LogP contribution < -0.4 is 29.1 Å². The van der Waals surface area contributed by atoms with Crippen molar-refractivity contribution in [2.45, 2.75) is 39.8 Å². The fourth-order valence-corrected chi connectivity index (χ4v) is 6.61. The van der Waals surface area contributed by atoms with E-state index < -0.39 is 6.04 Å². The van der Waals surface area contributed by atoms with Gasteiger partial charge in [0.15, 0.2) is 22.1 Å². The van der Waals surface area contributed by atoms with Crippen molar-refractivity contribution in [1.29, 1.82) is 0 Å². The van der Waals surface area contributed by atoms with Gasteiger partial charge in [0.2, 0.25) is 5.75 Å². The van der Waals surface area contributed by atoms with Crippen molar-refractivity contribution in [3.8, 4) is 17.2 Å². The SMILES string of the molecule is C=CCn1c(C)c(/C=c2/sc3n(c2=O)C(c2cc(OC)c(OC)c(OC)c2)C(C(=O)CC)=C(C)N=3)c2ccccc21. The smallest absolute Gasteiger partial charge is 0.271 e. The normalized spacial score (nSPS) is 15.1. The van der Waals surface area contributed by atoms with Crippen LogP contribution in [-0.4, -0.2) is 36.2 Å². The molecule has 1 aliphatic rings. The molecule has 2 aromatic heterocycles. The highest BCUT2D eigenvalue weighted by molar-refractivity contribution is 7.07. The van der Waals surface area contributed by atoms with E-state index in [0.29, 0.717) is 50.0 Å². The van der Waals surface area contributed by atoms with E-state index in [1.54, 1.807) is 16.7 Å². The summed E-state index contributed by atoms with van der Waals surface area (Å²) in [6, 6.07) is 11.0. The van der Waals surface area contributed by atoms with E-state index in [0.717, 1.165) is 22.2 Å². The van der Waals surface area contributed by atoms with Crippen LogP contribution in [0.25, 0.3) is 17.0 Å². The third-order valence-corrected chi connectivity index (χ3v) is 8.50. The summed E-state index contributed by atoms with van der Waals surface area (Å²) in [5.41, 5.74) is 4.58. The van der Waals surface area contributed by atoms with Crippen LogP contribution in [0, 0.1) is 6.92 Å². The van der Waals surface area contributed by atoms with Gasteiger partial charge in [-0.1, -0.05) is 42.5 Å². The second-order valence-electron chi connectivity index (χ2n) is 9.73. The Bertz CT molecular complexity index is 1880. The van der Waals surface area contributed by atoms with Crippen molar-refractivity contribution >= 4 is 34.1 Å². The highest BCUT2D eigenvalue weighted by Crippen LogP contribution is 2.42. The molecular weight excluding hydrogens is 538 g/mol. The molecule has 1 unspecified atom stereocenters. The predicted molar refractivity (Wildman–Crippen MR) is 162 cm³/mol. The lowest BCUT2D eigenvalue weighted by atomic mass is 9.91. The molecule has 9 heteroatoms. The first-order valence-corrected chi connectivity index (χ1v) is 14.2. The van der Waals surface area contributed by atoms with Gasteiger partial charge in [0.1, 0.15) is 0 Å². The minimum Gasteiger partial charge on any atom is -0.493 e. The highest BCUT2D eigenvalue weighted by atomic mass is 32.1. The van der Waals surface area contributed by atoms with Gasteiger partial charge >= 0.3 is 0 Å². The number of carbonyl (C=O) groups excluding carboxylic acids is 1. The summed E-state index contributed by atoms with van der Waals surface area (Å²) < 4.78 is 21.1. The molecule has 8 nitrogen and oxygen atoms in total. The summed E-state index contributed by atoms with van der Waals surface area (Å²) in [6.45, 7) is 10.2. The van der Waals surface area contributed by atoms with Crippen molar-refractivity contribution < 1.29 is 19.0 Å². The average Bonchev–Trinajstić information content (AvgIpc) is 3.43. The number of benzene rings is 2. The Hall–Kier alpha value is -4.37. The average molecular weight is 572 g/mol. The van der Waals surface area contributed by atoms with Gasteiger partial charge < -0.3 is 18.8 Å². The molecule has 0 fully saturated rings. The monoisotopic (exact) mass is 571 g/mol. The first-order valence-electron chi connectivity index (χ1n) is 13.3. The molecule has 5 rings (SSSR count). The number of Topliss-reactive ketones (excluding diaryl/α,β-unsaturated/α-hetero) is 1. The molecule has 1 aliphatic heterocycles. The van der Waals surface area contributed by atoms with E-state index in [9.17, 15) is 9.59 Å². The van der Waals surface area contributed by atoms with E-state index in [4.69, 9.17) is 19.2 Å². The Balaban J connectivity index is 1.81. The minimum absolute atomic E-state index is 0.0809. The second-order valence-corrected chi connectivity index (χ2v) is 10.7. The quantitative estimate of drug-likeness (QED) is 0.272. The number of nitrogens with zero attached hydrogens (tertiary/aromatic N) is 3. The van der Waals surface area contributed by atoms with Gasteiger partial charge in [0.25, 0.3) is 5.56 Å². The van der Waals surface area contributed by atoms with Crippen LogP contribution in [0.15, 0.2) is 70.1 Å². The molecule has 4 aromatic rings. The van der Waals surface area contributed by atoms with Crippen molar-refractivity contribution in [1.82, 2.24) is 9.13 Å². The Kier molecular flexibility index (Phi) is 7.73. The molecular formula is C32H33N3O5S. The summed E-state index contributed by atoms with van der Waals surface area (Å²) in [6.07, 6.45) is 4.08. The van der Waals surface area contributed by atoms with Gasteiger partial charge in [0.05, 0.1) is 31.9 Å². The fourth-order valence-electron chi connectivity index (χ4n) is 5.58. The Morgan fingerprint density at radius 3 is 2.39 bits per heavy atom. The van der Waals surface area contributed by atoms with E-state index in [-0.39, 0.29) is 17.8 Å². The van der Waals surface area contributed by atoms with Crippen LogP contribution in [0.3, 0.4) is 0 Å². The summed E-state index contributed by atoms with van der Waals surface area (Å²) in [5, 5.41) is 1.05. The Morgan fingerprint density at radius 1 is 1.10 bits per heavy atom. The Labute approximate surface area is 242 Å². The van der Waals surface area contributed by atoms with Gasteiger partial charge in [-0.15, -0.1) is 6.58 Å². The fraction of sp³-hybridized carbons (Fsp3) is 0.281. The van der Waals surface area contributed by atoms with Crippen LogP contribution in [0.2, 0.25) is 0 Å². The van der Waals surface area contributed by atoms with E-state index >= 15 is 0 Å². The number of ether oxygens (including phenoxy) is 3. The van der Waals surface area contributed by atoms with Crippen molar-refractivity contribution in [3.63, 3.8) is 0 Å². The van der Waals surface area contributed by atoms with Gasteiger partial charge in [-0.25, -0.2) is 4.99 Å². The molecule has 0 amide bonds. The second kappa shape index (κ2) is 11.2. The van der Waals surface area contributed by atoms with Gasteiger partial charge in [-0.05, 0) is 43.7 Å². The predicted octanol–water partition coefficient (Wildman–Crippen LogP) is 4.69. The molecule has 41 heavy (non-hydrogen) atoms. The zero-order valence-electron chi connectivity index (χ0n) is 24.1. The van der Waals surface area contributed by atoms with Crippen molar-refractivity contribution in [2.24, 2.45) is 4.99 Å². The topological polar surface area (TPSA) is 84.0 Å². The summed E-state index contributed by atoms with van der Waals surface area (Å²) in [4.78, 5) is 32.8. The lowest BCUT2D eigenvalue weighted by molar-refractivity contribution is -0.115. The number of ketones is 1. The molecule has 0 N–H and O–H groups in total. The van der Waals surface area contributed by atoms with Gasteiger partial charge in [0, 0.05) is 46.4 Å². The van der Waals surface area contributed by atoms with Crippen LogP contribution in [0.1, 0.15) is 43.1 Å². The van der Waals surface area contributed by atoms with Crippen LogP contribution >= 0.6 is 11.3 Å². The Morgan fingerprint density at radius 2 is 1.78 bits per heavy atom. The van der Waals surface area contributed by atoms with E-state index in [1.807, 2.05) is 45.1 Å². The summed E-state index contributed by atoms with van der Waals surface area (Å²) in [5.74, 6) is 1.23. The third-order valence-electron chi connectivity index (χ3n) is 7.51. The number of hydrogen-bond donors (Lipinski definition) is 0. The van der Waals surface area contributed by atoms with Crippen LogP contribution in [0.5, 0.6) is 17.2 Å². The third kappa shape index (κ3) is 4.60. The van der Waals surface area contributed by atoms with E-state index in [1.165, 1.54) is 32.7 Å². The standard InChI is InChI=1S/C32H33N3O5S/c1-8-14-34-19(4)22(21-12-10-11-13-23(21)34)17-27-31(37)35-29(28(24(36)9-2)18(3)33-32(35)41-27)20-15-25(38-5)30(40-7)26(16-20)39-6/h8,10-13,15-17,29H,1,9,14H2,2-7H3/b27-17+. The molecule has 3 heterocycles. The van der Waals surface area contributed by atoms with Gasteiger partial charge in [-0.3, -0.25) is 14.2 Å². The number of aromatic nitrogens is 2. The molecule has 0 bridgehead atoms. The number of thiazole rings is 1. The number of fused-ring (bicyclic) bond motifs is 2. The number of para-hydroxylation sites is 1. The zero-order chi connectivity index (χ0) is 29.4. The van der Waals surface area contributed by atoms with Crippen molar-refractivity contribution in [3.05, 3.63) is 96.8 Å². The lowest BCUT2D eigenvalue weighted by Gasteiger charge is -2.26. The number of carbonyl (C=O) groups is 1. The first-order chi connectivity index (χ1) is 19.8. The summed E-state index contributed by atoms with van der Waals surface area (Å²) in [7, 11) is 4.61.